The van der Waals surface area contributed by atoms with Crippen LogP contribution in [0.25, 0.3) is 0 Å². The zero-order valence-electron chi connectivity index (χ0n) is 14.4. The Morgan fingerprint density at radius 2 is 1.74 bits per heavy atom. The zero-order chi connectivity index (χ0) is 19.8. The molecule has 1 saturated heterocycles. The maximum absolute atomic E-state index is 12.8. The molecule has 0 saturated carbocycles. The van der Waals surface area contributed by atoms with Crippen molar-refractivity contribution in [2.75, 3.05) is 24.2 Å². The highest BCUT2D eigenvalue weighted by molar-refractivity contribution is 7.90. The minimum atomic E-state index is -4.44. The van der Waals surface area contributed by atoms with E-state index < -0.39 is 21.6 Å². The largest absolute Gasteiger partial charge is 0.416 e. The Kier molecular flexibility index (Phi) is 4.90. The van der Waals surface area contributed by atoms with Crippen molar-refractivity contribution >= 4 is 21.6 Å². The number of sulfone groups is 1. The smallest absolute Gasteiger partial charge is 0.318 e. The number of alkyl halides is 3. The second kappa shape index (κ2) is 6.88. The number of amides is 2. The number of benzene rings is 2. The summed E-state index contributed by atoms with van der Waals surface area (Å²) in [7, 11) is -3.41. The molecule has 0 radical (unpaired) electrons. The van der Waals surface area contributed by atoms with Crippen molar-refractivity contribution < 1.29 is 26.4 Å². The van der Waals surface area contributed by atoms with Gasteiger partial charge in [-0.25, -0.2) is 13.2 Å². The lowest BCUT2D eigenvalue weighted by Gasteiger charge is -2.19. The third-order valence-electron chi connectivity index (χ3n) is 4.28. The van der Waals surface area contributed by atoms with Crippen molar-refractivity contribution in [3.05, 3.63) is 59.7 Å². The Morgan fingerprint density at radius 3 is 2.41 bits per heavy atom. The lowest BCUT2D eigenvalue weighted by molar-refractivity contribution is -0.137. The van der Waals surface area contributed by atoms with Gasteiger partial charge < -0.3 is 4.90 Å². The van der Waals surface area contributed by atoms with Gasteiger partial charge in [-0.2, -0.15) is 13.2 Å². The van der Waals surface area contributed by atoms with E-state index in [1.807, 2.05) is 0 Å². The first-order chi connectivity index (χ1) is 12.6. The Hall–Kier alpha value is -2.55. The summed E-state index contributed by atoms with van der Waals surface area (Å²) >= 11 is 0. The van der Waals surface area contributed by atoms with Crippen LogP contribution in [0.2, 0.25) is 0 Å². The van der Waals surface area contributed by atoms with Gasteiger partial charge in [0.1, 0.15) is 0 Å². The van der Waals surface area contributed by atoms with Gasteiger partial charge >= 0.3 is 12.2 Å². The molecular formula is C18H17F3N2O3S. The maximum atomic E-state index is 12.8. The summed E-state index contributed by atoms with van der Waals surface area (Å²) in [6, 6.07) is 10.5. The van der Waals surface area contributed by atoms with Crippen molar-refractivity contribution in [1.29, 1.82) is 0 Å². The first-order valence-electron chi connectivity index (χ1n) is 8.08. The summed E-state index contributed by atoms with van der Waals surface area (Å²) in [5.74, 6) is 0. The highest BCUT2D eigenvalue weighted by Gasteiger charge is 2.32. The summed E-state index contributed by atoms with van der Waals surface area (Å²) in [5, 5.41) is 0. The second-order valence-corrected chi connectivity index (χ2v) is 8.34. The Labute approximate surface area is 154 Å². The van der Waals surface area contributed by atoms with E-state index in [0.29, 0.717) is 24.3 Å². The molecule has 1 fully saturated rings. The van der Waals surface area contributed by atoms with Crippen LogP contribution in [0.5, 0.6) is 0 Å². The molecule has 9 heteroatoms. The van der Waals surface area contributed by atoms with Crippen LogP contribution in [0.4, 0.5) is 23.7 Å². The third-order valence-corrected chi connectivity index (χ3v) is 5.39. The molecule has 0 bridgehead atoms. The predicted octanol–water partition coefficient (Wildman–Crippen LogP) is 3.55. The summed E-state index contributed by atoms with van der Waals surface area (Å²) in [4.78, 5) is 15.6. The highest BCUT2D eigenvalue weighted by Crippen LogP contribution is 2.30. The number of carbonyl (C=O) groups is 1. The average Bonchev–Trinajstić information content (AvgIpc) is 2.94. The van der Waals surface area contributed by atoms with Crippen LogP contribution in [-0.2, 0) is 22.6 Å². The summed E-state index contributed by atoms with van der Waals surface area (Å²) < 4.78 is 61.9. The van der Waals surface area contributed by atoms with Gasteiger partial charge in [0.2, 0.25) is 0 Å². The molecule has 3 rings (SSSR count). The van der Waals surface area contributed by atoms with Crippen LogP contribution < -0.4 is 4.90 Å². The average molecular weight is 398 g/mol. The molecule has 0 spiro atoms. The van der Waals surface area contributed by atoms with Crippen molar-refractivity contribution in [3.63, 3.8) is 0 Å². The van der Waals surface area contributed by atoms with Gasteiger partial charge in [-0.15, -0.1) is 0 Å². The molecule has 27 heavy (non-hydrogen) atoms. The standard InChI is InChI=1S/C18H17F3N2O3S/c1-27(25,26)16-7-3-6-15(11-16)23-9-8-22(17(23)24)12-13-4-2-5-14(10-13)18(19,20)21/h2-7,10-11H,8-9,12H2,1H3. The minimum Gasteiger partial charge on any atom is -0.318 e. The Morgan fingerprint density at radius 1 is 1.04 bits per heavy atom. The first-order valence-corrected chi connectivity index (χ1v) is 9.97. The van der Waals surface area contributed by atoms with Crippen LogP contribution >= 0.6 is 0 Å². The van der Waals surface area contributed by atoms with Crippen LogP contribution in [0.3, 0.4) is 0 Å². The number of nitrogens with zero attached hydrogens (tertiary/aromatic N) is 2. The van der Waals surface area contributed by atoms with Crippen LogP contribution in [0.15, 0.2) is 53.4 Å². The number of hydrogen-bond acceptors (Lipinski definition) is 3. The van der Waals surface area contributed by atoms with E-state index in [0.717, 1.165) is 18.4 Å². The van der Waals surface area contributed by atoms with E-state index in [1.54, 1.807) is 12.1 Å². The molecule has 0 unspecified atom stereocenters. The lowest BCUT2D eigenvalue weighted by Crippen LogP contribution is -2.31. The van der Waals surface area contributed by atoms with Gasteiger partial charge in [0.15, 0.2) is 9.84 Å². The van der Waals surface area contributed by atoms with Crippen molar-refractivity contribution in [3.8, 4) is 0 Å². The monoisotopic (exact) mass is 398 g/mol. The van der Waals surface area contributed by atoms with Crippen molar-refractivity contribution in [1.82, 2.24) is 4.90 Å². The summed E-state index contributed by atoms with van der Waals surface area (Å²) in [5.41, 5.74) is 0.0590. The van der Waals surface area contributed by atoms with E-state index in [9.17, 15) is 26.4 Å². The van der Waals surface area contributed by atoms with Gasteiger partial charge in [-0.3, -0.25) is 4.90 Å². The summed E-state index contributed by atoms with van der Waals surface area (Å²) in [6.45, 7) is 0.703. The Bertz CT molecular complexity index is 974. The molecule has 1 aliphatic rings. The normalized spacial score (nSPS) is 15.5. The molecule has 1 heterocycles. The highest BCUT2D eigenvalue weighted by atomic mass is 32.2. The van der Waals surface area contributed by atoms with E-state index in [2.05, 4.69) is 0 Å². The Balaban J connectivity index is 1.78. The minimum absolute atomic E-state index is 0.0466. The number of urea groups is 1. The van der Waals surface area contributed by atoms with Crippen LogP contribution in [-0.4, -0.2) is 38.7 Å². The number of anilines is 1. The molecule has 1 aliphatic heterocycles. The zero-order valence-corrected chi connectivity index (χ0v) is 15.2. The molecule has 5 nitrogen and oxygen atoms in total. The molecular weight excluding hydrogens is 381 g/mol. The maximum Gasteiger partial charge on any atom is 0.416 e. The molecule has 144 valence electrons. The number of carbonyl (C=O) groups excluding carboxylic acids is 1. The number of halogens is 3. The quantitative estimate of drug-likeness (QED) is 0.792. The fraction of sp³-hybridized carbons (Fsp3) is 0.278. The van der Waals surface area contributed by atoms with E-state index in [4.69, 9.17) is 0 Å². The summed E-state index contributed by atoms with van der Waals surface area (Å²) in [6.07, 6.45) is -3.36. The molecule has 2 aromatic rings. The molecule has 0 atom stereocenters. The molecule has 2 aromatic carbocycles. The molecule has 0 aliphatic carbocycles. The molecule has 0 aromatic heterocycles. The number of rotatable bonds is 4. The van der Waals surface area contributed by atoms with Gasteiger partial charge in [0.25, 0.3) is 0 Å². The SMILES string of the molecule is CS(=O)(=O)c1cccc(N2CCN(Cc3cccc(C(F)(F)F)c3)C2=O)c1. The lowest BCUT2D eigenvalue weighted by atomic mass is 10.1. The molecule has 0 N–H and O–H groups in total. The molecule has 2 amide bonds. The van der Waals surface area contributed by atoms with Gasteiger partial charge in [-0.1, -0.05) is 18.2 Å². The van der Waals surface area contributed by atoms with E-state index in [-0.39, 0.29) is 17.5 Å². The fourth-order valence-corrected chi connectivity index (χ4v) is 3.58. The predicted molar refractivity (Wildman–Crippen MR) is 94.1 cm³/mol. The first kappa shape index (κ1) is 19.2. The van der Waals surface area contributed by atoms with Crippen molar-refractivity contribution in [2.45, 2.75) is 17.6 Å². The van der Waals surface area contributed by atoms with Crippen molar-refractivity contribution in [2.24, 2.45) is 0 Å². The van der Waals surface area contributed by atoms with E-state index in [1.165, 1.54) is 34.1 Å². The second-order valence-electron chi connectivity index (χ2n) is 6.32. The topological polar surface area (TPSA) is 57.7 Å². The number of hydrogen-bond donors (Lipinski definition) is 0. The fourth-order valence-electron chi connectivity index (χ4n) is 2.92. The van der Waals surface area contributed by atoms with E-state index >= 15 is 0 Å². The van der Waals surface area contributed by atoms with Gasteiger partial charge in [0, 0.05) is 31.6 Å². The van der Waals surface area contributed by atoms with Gasteiger partial charge in [0.05, 0.1) is 10.5 Å². The van der Waals surface area contributed by atoms with Crippen LogP contribution in [0.1, 0.15) is 11.1 Å². The van der Waals surface area contributed by atoms with Gasteiger partial charge in [-0.05, 0) is 35.9 Å². The van der Waals surface area contributed by atoms with Crippen LogP contribution in [0, 0.1) is 0 Å². The third kappa shape index (κ3) is 4.24.